The van der Waals surface area contributed by atoms with E-state index in [9.17, 15) is 17.6 Å². The molecule has 4 rings (SSSR count). The summed E-state index contributed by atoms with van der Waals surface area (Å²) >= 11 is 0. The molecule has 0 aliphatic carbocycles. The molecule has 1 atom stereocenters. The van der Waals surface area contributed by atoms with E-state index in [-0.39, 0.29) is 18.3 Å². The highest BCUT2D eigenvalue weighted by atomic mass is 19.1. The van der Waals surface area contributed by atoms with Crippen molar-refractivity contribution < 1.29 is 22.3 Å². The second-order valence-electron chi connectivity index (χ2n) is 8.07. The summed E-state index contributed by atoms with van der Waals surface area (Å²) in [5.41, 5.74) is 2.06. The minimum Gasteiger partial charge on any atom is -0.497 e. The van der Waals surface area contributed by atoms with Crippen LogP contribution in [0.3, 0.4) is 0 Å². The number of nitrogens with one attached hydrogen (secondary N) is 1. The third-order valence-corrected chi connectivity index (χ3v) is 5.05. The fraction of sp³-hybridized carbons (Fsp3) is 0.391. The summed E-state index contributed by atoms with van der Waals surface area (Å²) in [4.78, 5) is 5.30. The number of fused-ring (bicyclic) bond motifs is 3. The molecular weight excluding hydrogens is 396 g/mol. The van der Waals surface area contributed by atoms with Gasteiger partial charge in [0, 0.05) is 53.9 Å². The Kier molecular flexibility index (Phi) is 6.71. The lowest BCUT2D eigenvalue weighted by atomic mass is 9.96. The first-order chi connectivity index (χ1) is 14.2. The van der Waals surface area contributed by atoms with Crippen LogP contribution in [0.15, 0.2) is 42.5 Å². The molecule has 162 valence electrons. The van der Waals surface area contributed by atoms with Crippen molar-refractivity contribution in [2.75, 3.05) is 20.3 Å². The summed E-state index contributed by atoms with van der Waals surface area (Å²) in [6.45, 7) is 3.50. The zero-order valence-corrected chi connectivity index (χ0v) is 17.3. The quantitative estimate of drug-likeness (QED) is 0.556. The Bertz CT molecular complexity index is 976. The Balaban J connectivity index is 0.000000216. The molecule has 7 heteroatoms. The number of aromatic amines is 1. The molecule has 1 N–H and O–H groups in total. The Morgan fingerprint density at radius 2 is 1.80 bits per heavy atom. The number of halogens is 4. The van der Waals surface area contributed by atoms with Crippen molar-refractivity contribution in [2.24, 2.45) is 0 Å². The van der Waals surface area contributed by atoms with Crippen LogP contribution >= 0.6 is 0 Å². The first-order valence-corrected chi connectivity index (χ1v) is 9.77. The van der Waals surface area contributed by atoms with Gasteiger partial charge < -0.3 is 9.72 Å². The van der Waals surface area contributed by atoms with Crippen molar-refractivity contribution in [3.8, 4) is 5.75 Å². The number of H-pyrrole nitrogens is 1. The number of alkyl halides is 2. The largest absolute Gasteiger partial charge is 0.497 e. The number of rotatable bonds is 4. The van der Waals surface area contributed by atoms with Crippen LogP contribution in [0.25, 0.3) is 10.9 Å². The summed E-state index contributed by atoms with van der Waals surface area (Å²) < 4.78 is 56.4. The molecule has 0 bridgehead atoms. The number of benzene rings is 2. The van der Waals surface area contributed by atoms with E-state index in [1.165, 1.54) is 18.1 Å². The summed E-state index contributed by atoms with van der Waals surface area (Å²) in [7, 11) is 1.36. The second-order valence-corrected chi connectivity index (χ2v) is 8.07. The van der Waals surface area contributed by atoms with Crippen LogP contribution in [0.2, 0.25) is 0 Å². The van der Waals surface area contributed by atoms with E-state index in [2.05, 4.69) is 15.8 Å². The van der Waals surface area contributed by atoms with Crippen LogP contribution in [0.4, 0.5) is 17.6 Å². The third-order valence-electron chi connectivity index (χ3n) is 5.05. The van der Waals surface area contributed by atoms with Gasteiger partial charge in [0.05, 0.1) is 7.11 Å². The van der Waals surface area contributed by atoms with Gasteiger partial charge in [-0.25, -0.2) is 17.6 Å². The maximum atomic E-state index is 13.9. The third kappa shape index (κ3) is 5.33. The Morgan fingerprint density at radius 3 is 2.40 bits per heavy atom. The molecule has 2 aromatic carbocycles. The van der Waals surface area contributed by atoms with E-state index < -0.39 is 24.0 Å². The van der Waals surface area contributed by atoms with E-state index in [1.54, 1.807) is 13.8 Å². The van der Waals surface area contributed by atoms with Crippen LogP contribution in [0, 0.1) is 11.6 Å². The molecular formula is C23H26F4N2O. The van der Waals surface area contributed by atoms with Gasteiger partial charge in [0.15, 0.2) is 0 Å². The lowest BCUT2D eigenvalue weighted by Gasteiger charge is -2.36. The predicted molar refractivity (Wildman–Crippen MR) is 110 cm³/mol. The SMILES string of the molecule is CC(C)(F)CN1Cc2[nH]c3ccccc3c2C[C@H]1CF.COc1cc(F)cc(F)c1. The average Bonchev–Trinajstić information content (AvgIpc) is 3.03. The van der Waals surface area contributed by atoms with E-state index in [4.69, 9.17) is 0 Å². The van der Waals surface area contributed by atoms with Crippen LogP contribution in [0.1, 0.15) is 25.1 Å². The molecule has 0 radical (unpaired) electrons. The van der Waals surface area contributed by atoms with Gasteiger partial charge in [-0.1, -0.05) is 18.2 Å². The first kappa shape index (κ1) is 22.2. The van der Waals surface area contributed by atoms with Crippen molar-refractivity contribution in [3.05, 3.63) is 65.4 Å². The predicted octanol–water partition coefficient (Wildman–Crippen LogP) is 5.59. The number of methoxy groups -OCH3 is 1. The maximum Gasteiger partial charge on any atom is 0.129 e. The Labute approximate surface area is 173 Å². The topological polar surface area (TPSA) is 28.3 Å². The van der Waals surface area contributed by atoms with Gasteiger partial charge in [-0.3, -0.25) is 4.90 Å². The number of para-hydroxylation sites is 1. The zero-order valence-electron chi connectivity index (χ0n) is 17.3. The molecule has 30 heavy (non-hydrogen) atoms. The fourth-order valence-electron chi connectivity index (χ4n) is 3.79. The molecule has 0 amide bonds. The summed E-state index contributed by atoms with van der Waals surface area (Å²) in [5.74, 6) is -1.06. The summed E-state index contributed by atoms with van der Waals surface area (Å²) in [6.07, 6.45) is 0.645. The van der Waals surface area contributed by atoms with Gasteiger partial charge in [-0.2, -0.15) is 0 Å². The molecule has 0 spiro atoms. The first-order valence-electron chi connectivity index (χ1n) is 9.77. The maximum absolute atomic E-state index is 13.9. The number of hydrogen-bond acceptors (Lipinski definition) is 2. The molecule has 0 saturated carbocycles. The molecule has 3 nitrogen and oxygen atoms in total. The van der Waals surface area contributed by atoms with Gasteiger partial charge in [-0.15, -0.1) is 0 Å². The monoisotopic (exact) mass is 422 g/mol. The van der Waals surface area contributed by atoms with Gasteiger partial charge in [0.2, 0.25) is 0 Å². The molecule has 1 aliphatic heterocycles. The molecule has 3 aromatic rings. The van der Waals surface area contributed by atoms with Gasteiger partial charge >= 0.3 is 0 Å². The van der Waals surface area contributed by atoms with Gasteiger partial charge in [0.25, 0.3) is 0 Å². The molecule has 2 heterocycles. The number of nitrogens with zero attached hydrogens (tertiary/aromatic N) is 1. The van der Waals surface area contributed by atoms with E-state index in [0.29, 0.717) is 13.0 Å². The zero-order chi connectivity index (χ0) is 21.9. The normalized spacial score (nSPS) is 16.7. The van der Waals surface area contributed by atoms with Crippen molar-refractivity contribution >= 4 is 10.9 Å². The molecule has 1 aromatic heterocycles. The van der Waals surface area contributed by atoms with Crippen molar-refractivity contribution in [2.45, 2.75) is 38.5 Å². The van der Waals surface area contributed by atoms with Crippen LogP contribution < -0.4 is 4.74 Å². The molecule has 0 fully saturated rings. The molecule has 0 unspecified atom stereocenters. The fourth-order valence-corrected chi connectivity index (χ4v) is 3.79. The van der Waals surface area contributed by atoms with Gasteiger partial charge in [-0.05, 0) is 31.9 Å². The Morgan fingerprint density at radius 1 is 1.13 bits per heavy atom. The van der Waals surface area contributed by atoms with Crippen LogP contribution in [-0.2, 0) is 13.0 Å². The number of hydrogen-bond donors (Lipinski definition) is 1. The smallest absolute Gasteiger partial charge is 0.129 e. The van der Waals surface area contributed by atoms with Gasteiger partial charge in [0.1, 0.15) is 29.7 Å². The van der Waals surface area contributed by atoms with Crippen LogP contribution in [0.5, 0.6) is 5.75 Å². The number of aromatic nitrogens is 1. The van der Waals surface area contributed by atoms with E-state index in [1.807, 2.05) is 23.1 Å². The summed E-state index contributed by atoms with van der Waals surface area (Å²) in [5, 5.41) is 1.17. The number of ether oxygens (including phenoxy) is 1. The van der Waals surface area contributed by atoms with E-state index >= 15 is 0 Å². The Hall–Kier alpha value is -2.54. The molecule has 1 aliphatic rings. The lowest BCUT2D eigenvalue weighted by molar-refractivity contribution is 0.0680. The standard InChI is InChI=1S/C16H20F2N2.C7H6F2O/c1-16(2,18)10-20-9-15-13(7-11(20)8-17)12-5-3-4-6-14(12)19-15;1-10-7-3-5(8)2-6(9)4-7/h3-6,11,19H,7-10H2,1-2H3;2-4H,1H3/t11-;/m0./s1. The highest BCUT2D eigenvalue weighted by molar-refractivity contribution is 5.84. The van der Waals surface area contributed by atoms with Crippen molar-refractivity contribution in [1.29, 1.82) is 0 Å². The summed E-state index contributed by atoms with van der Waals surface area (Å²) in [6, 6.07) is 10.9. The van der Waals surface area contributed by atoms with Crippen LogP contribution in [-0.4, -0.2) is 41.9 Å². The second kappa shape index (κ2) is 9.08. The van der Waals surface area contributed by atoms with Crippen molar-refractivity contribution in [1.82, 2.24) is 9.88 Å². The molecule has 0 saturated heterocycles. The van der Waals surface area contributed by atoms with E-state index in [0.717, 1.165) is 29.4 Å². The highest BCUT2D eigenvalue weighted by Gasteiger charge is 2.32. The average molecular weight is 422 g/mol. The minimum absolute atomic E-state index is 0.192. The lowest BCUT2D eigenvalue weighted by Crippen LogP contribution is -2.46. The minimum atomic E-state index is -1.31. The van der Waals surface area contributed by atoms with Crippen molar-refractivity contribution in [3.63, 3.8) is 0 Å². The highest BCUT2D eigenvalue weighted by Crippen LogP contribution is 2.31.